The summed E-state index contributed by atoms with van der Waals surface area (Å²) < 4.78 is 32.0. The summed E-state index contributed by atoms with van der Waals surface area (Å²) in [6, 6.07) is 12.1. The minimum atomic E-state index is -0.323. The number of ether oxygens (including phenoxy) is 1. The minimum Gasteiger partial charge on any atom is -0.467 e. The summed E-state index contributed by atoms with van der Waals surface area (Å²) in [6.07, 6.45) is 1.38. The van der Waals surface area contributed by atoms with Gasteiger partial charge in [-0.1, -0.05) is 24.3 Å². The first kappa shape index (κ1) is 19.9. The van der Waals surface area contributed by atoms with Gasteiger partial charge in [0.05, 0.1) is 5.39 Å². The molecule has 0 fully saturated rings. The van der Waals surface area contributed by atoms with Crippen molar-refractivity contribution in [1.29, 1.82) is 0 Å². The molecule has 0 saturated carbocycles. The van der Waals surface area contributed by atoms with Crippen molar-refractivity contribution in [1.82, 2.24) is 14.9 Å². The van der Waals surface area contributed by atoms with Crippen molar-refractivity contribution in [3.05, 3.63) is 77.4 Å². The van der Waals surface area contributed by atoms with Crippen LogP contribution in [-0.2, 0) is 11.3 Å². The average Bonchev–Trinajstić information content (AvgIpc) is 3.19. The lowest BCUT2D eigenvalue weighted by atomic mass is 10.1. The zero-order chi connectivity index (χ0) is 21.1. The number of hydrogen-bond donors (Lipinski definition) is 0. The Kier molecular flexibility index (Phi) is 5.67. The van der Waals surface area contributed by atoms with Crippen LogP contribution in [0.2, 0.25) is 0 Å². The van der Waals surface area contributed by atoms with Crippen LogP contribution in [0.3, 0.4) is 0 Å². The van der Waals surface area contributed by atoms with Crippen LogP contribution >= 0.6 is 11.3 Å². The molecule has 0 saturated heterocycles. The van der Waals surface area contributed by atoms with Crippen molar-refractivity contribution < 1.29 is 18.3 Å². The summed E-state index contributed by atoms with van der Waals surface area (Å²) in [5.41, 5.74) is 2.44. The molecule has 30 heavy (non-hydrogen) atoms. The summed E-state index contributed by atoms with van der Waals surface area (Å²) in [5.74, 6) is -0.592. The molecule has 0 aliphatic carbocycles. The van der Waals surface area contributed by atoms with Gasteiger partial charge in [0.25, 0.3) is 5.91 Å². The Morgan fingerprint density at radius 2 is 1.70 bits per heavy atom. The van der Waals surface area contributed by atoms with Gasteiger partial charge >= 0.3 is 0 Å². The molecule has 4 aromatic rings. The monoisotopic (exact) mass is 425 g/mol. The Morgan fingerprint density at radius 1 is 1.03 bits per heavy atom. The Labute approximate surface area is 175 Å². The maximum absolute atomic E-state index is 13.3. The molecule has 0 atom stereocenters. The van der Waals surface area contributed by atoms with Crippen molar-refractivity contribution in [2.45, 2.75) is 6.54 Å². The lowest BCUT2D eigenvalue weighted by Gasteiger charge is -2.17. The molecule has 2 aromatic carbocycles. The van der Waals surface area contributed by atoms with Crippen LogP contribution < -0.4 is 4.74 Å². The highest BCUT2D eigenvalue weighted by molar-refractivity contribution is 7.17. The lowest BCUT2D eigenvalue weighted by molar-refractivity contribution is -0.132. The number of carbonyl (C=O) groups is 1. The molecule has 0 unspecified atom stereocenters. The second-order valence-electron chi connectivity index (χ2n) is 6.68. The van der Waals surface area contributed by atoms with E-state index in [4.69, 9.17) is 4.74 Å². The summed E-state index contributed by atoms with van der Waals surface area (Å²) in [7, 11) is 1.65. The van der Waals surface area contributed by atoms with Crippen molar-refractivity contribution in [2.24, 2.45) is 0 Å². The van der Waals surface area contributed by atoms with Crippen molar-refractivity contribution in [2.75, 3.05) is 13.7 Å². The topological polar surface area (TPSA) is 55.3 Å². The van der Waals surface area contributed by atoms with Crippen molar-refractivity contribution in [3.8, 4) is 17.0 Å². The van der Waals surface area contributed by atoms with Crippen LogP contribution in [-0.4, -0.2) is 34.4 Å². The van der Waals surface area contributed by atoms with Crippen LogP contribution in [0.5, 0.6) is 5.88 Å². The van der Waals surface area contributed by atoms with E-state index < -0.39 is 0 Å². The summed E-state index contributed by atoms with van der Waals surface area (Å²) in [5, 5.41) is 2.59. The van der Waals surface area contributed by atoms with Gasteiger partial charge in [0.15, 0.2) is 6.61 Å². The molecule has 0 spiro atoms. The average molecular weight is 425 g/mol. The zero-order valence-corrected chi connectivity index (χ0v) is 16.8. The highest BCUT2D eigenvalue weighted by atomic mass is 32.1. The molecule has 152 valence electrons. The second kappa shape index (κ2) is 8.54. The minimum absolute atomic E-state index is 0.206. The van der Waals surface area contributed by atoms with Gasteiger partial charge in [-0.05, 0) is 35.4 Å². The van der Waals surface area contributed by atoms with Crippen molar-refractivity contribution >= 4 is 27.5 Å². The summed E-state index contributed by atoms with van der Waals surface area (Å²) in [6.45, 7) is 0.128. The molecule has 1 amide bonds. The molecular formula is C22H17F2N3O2S. The third-order valence-electron chi connectivity index (χ3n) is 4.58. The summed E-state index contributed by atoms with van der Waals surface area (Å²) in [4.78, 5) is 23.2. The van der Waals surface area contributed by atoms with Crippen LogP contribution in [0.25, 0.3) is 21.3 Å². The predicted octanol–water partition coefficient (Wildman–Crippen LogP) is 4.67. The smallest absolute Gasteiger partial charge is 0.260 e. The quantitative estimate of drug-likeness (QED) is 0.450. The first-order valence-electron chi connectivity index (χ1n) is 9.10. The highest BCUT2D eigenvalue weighted by Gasteiger charge is 2.17. The van der Waals surface area contributed by atoms with E-state index in [1.807, 2.05) is 5.38 Å². The van der Waals surface area contributed by atoms with E-state index in [1.54, 1.807) is 31.3 Å². The summed E-state index contributed by atoms with van der Waals surface area (Å²) >= 11 is 1.42. The van der Waals surface area contributed by atoms with Gasteiger partial charge in [-0.15, -0.1) is 11.3 Å². The number of benzene rings is 2. The molecule has 4 rings (SSSR count). The zero-order valence-electron chi connectivity index (χ0n) is 16.0. The number of amides is 1. The molecule has 8 heteroatoms. The number of halogens is 2. The van der Waals surface area contributed by atoms with E-state index in [0.29, 0.717) is 22.6 Å². The standard InChI is InChI=1S/C22H17F2N3O2S/c1-27(10-14-2-6-16(23)7-3-14)19(28)11-29-21-20-18(12-30-22(20)26-13-25-21)15-4-8-17(24)9-5-15/h2-9,12-13H,10-11H2,1H3. The first-order valence-corrected chi connectivity index (χ1v) is 9.98. The number of carbonyl (C=O) groups excluding carboxylic acids is 1. The molecule has 2 aromatic heterocycles. The van der Waals surface area contributed by atoms with Crippen LogP contribution in [0.1, 0.15) is 5.56 Å². The maximum Gasteiger partial charge on any atom is 0.260 e. The van der Waals surface area contributed by atoms with Gasteiger partial charge in [0.1, 0.15) is 22.8 Å². The third kappa shape index (κ3) is 4.28. The largest absolute Gasteiger partial charge is 0.467 e. The number of fused-ring (bicyclic) bond motifs is 1. The third-order valence-corrected chi connectivity index (χ3v) is 5.47. The Balaban J connectivity index is 1.51. The van der Waals surface area contributed by atoms with Gasteiger partial charge in [-0.3, -0.25) is 4.79 Å². The Bertz CT molecular complexity index is 1180. The number of rotatable bonds is 6. The SMILES string of the molecule is CN(Cc1ccc(F)cc1)C(=O)COc1ncnc2scc(-c3ccc(F)cc3)c12. The number of thiophene rings is 1. The molecule has 2 heterocycles. The number of likely N-dealkylation sites (N-methyl/N-ethyl adjacent to an activating group) is 1. The number of aromatic nitrogens is 2. The molecule has 5 nitrogen and oxygen atoms in total. The molecule has 0 radical (unpaired) electrons. The fraction of sp³-hybridized carbons (Fsp3) is 0.136. The van der Waals surface area contributed by atoms with Gasteiger partial charge < -0.3 is 9.64 Å². The molecule has 0 N–H and O–H groups in total. The fourth-order valence-electron chi connectivity index (χ4n) is 2.99. The number of nitrogens with zero attached hydrogens (tertiary/aromatic N) is 3. The van der Waals surface area contributed by atoms with Crippen LogP contribution in [0.4, 0.5) is 8.78 Å². The Morgan fingerprint density at radius 3 is 2.40 bits per heavy atom. The maximum atomic E-state index is 13.3. The van der Waals surface area contributed by atoms with E-state index in [9.17, 15) is 13.6 Å². The van der Waals surface area contributed by atoms with Crippen LogP contribution in [0, 0.1) is 11.6 Å². The van der Waals surface area contributed by atoms with Crippen LogP contribution in [0.15, 0.2) is 60.2 Å². The second-order valence-corrected chi connectivity index (χ2v) is 7.54. The van der Waals surface area contributed by atoms with E-state index in [-0.39, 0.29) is 24.1 Å². The first-order chi connectivity index (χ1) is 14.5. The van der Waals surface area contributed by atoms with Crippen molar-refractivity contribution in [3.63, 3.8) is 0 Å². The fourth-order valence-corrected chi connectivity index (χ4v) is 3.90. The molecule has 0 bridgehead atoms. The van der Waals surface area contributed by atoms with Gasteiger partial charge in [0, 0.05) is 24.5 Å². The highest BCUT2D eigenvalue weighted by Crippen LogP contribution is 2.37. The predicted molar refractivity (Wildman–Crippen MR) is 111 cm³/mol. The lowest BCUT2D eigenvalue weighted by Crippen LogP contribution is -2.31. The van der Waals surface area contributed by atoms with E-state index in [1.165, 1.54) is 46.8 Å². The van der Waals surface area contributed by atoms with Gasteiger partial charge in [-0.25, -0.2) is 18.7 Å². The van der Waals surface area contributed by atoms with E-state index in [0.717, 1.165) is 16.7 Å². The molecule has 0 aliphatic heterocycles. The van der Waals surface area contributed by atoms with Gasteiger partial charge in [-0.2, -0.15) is 0 Å². The number of hydrogen-bond acceptors (Lipinski definition) is 5. The molecular weight excluding hydrogens is 408 g/mol. The molecule has 0 aliphatic rings. The Hall–Kier alpha value is -3.39. The van der Waals surface area contributed by atoms with E-state index in [2.05, 4.69) is 9.97 Å². The van der Waals surface area contributed by atoms with Gasteiger partial charge in [0.2, 0.25) is 5.88 Å². The normalized spacial score (nSPS) is 10.9. The van der Waals surface area contributed by atoms with E-state index >= 15 is 0 Å².